The number of nitrogen functional groups attached to an aromatic ring is 1. The number of amides is 1. The first-order valence-electron chi connectivity index (χ1n) is 6.87. The maximum atomic E-state index is 12.0. The smallest absolute Gasteiger partial charge is 0.251 e. The van der Waals surface area contributed by atoms with Crippen molar-refractivity contribution in [1.29, 1.82) is 0 Å². The first-order chi connectivity index (χ1) is 10.1. The molecule has 1 amide bonds. The predicted octanol–water partition coefficient (Wildman–Crippen LogP) is 2.56. The van der Waals surface area contributed by atoms with Gasteiger partial charge in [-0.25, -0.2) is 0 Å². The van der Waals surface area contributed by atoms with Gasteiger partial charge in [0.25, 0.3) is 5.91 Å². The Morgan fingerprint density at radius 3 is 2.52 bits per heavy atom. The summed E-state index contributed by atoms with van der Waals surface area (Å²) in [5.41, 5.74) is 9.17. The van der Waals surface area contributed by atoms with E-state index in [1.807, 2.05) is 37.3 Å². The molecule has 0 bridgehead atoms. The van der Waals surface area contributed by atoms with E-state index in [0.29, 0.717) is 17.8 Å². The number of ether oxygens (including phenoxy) is 1. The molecule has 21 heavy (non-hydrogen) atoms. The summed E-state index contributed by atoms with van der Waals surface area (Å²) in [4.78, 5) is 12.0. The van der Waals surface area contributed by atoms with Gasteiger partial charge >= 0.3 is 0 Å². The standard InChI is InChI=1S/C17H20N2O2/c1-12-3-6-14(11-16(12)18)17(20)19-10-9-13-4-7-15(21-2)8-5-13/h3-8,11H,9-10,18H2,1-2H3,(H,19,20). The minimum Gasteiger partial charge on any atom is -0.497 e. The largest absolute Gasteiger partial charge is 0.497 e. The van der Waals surface area contributed by atoms with Crippen molar-refractivity contribution in [2.24, 2.45) is 0 Å². The fourth-order valence-corrected chi connectivity index (χ4v) is 2.00. The Morgan fingerprint density at radius 1 is 1.19 bits per heavy atom. The van der Waals surface area contributed by atoms with Gasteiger partial charge in [0.15, 0.2) is 0 Å². The molecule has 2 aromatic carbocycles. The van der Waals surface area contributed by atoms with Gasteiger partial charge in [0, 0.05) is 17.8 Å². The van der Waals surface area contributed by atoms with Crippen LogP contribution in [0.1, 0.15) is 21.5 Å². The van der Waals surface area contributed by atoms with Crippen LogP contribution in [-0.2, 0) is 6.42 Å². The SMILES string of the molecule is COc1ccc(CCNC(=O)c2ccc(C)c(N)c2)cc1. The summed E-state index contributed by atoms with van der Waals surface area (Å²) in [5, 5.41) is 2.90. The monoisotopic (exact) mass is 284 g/mol. The van der Waals surface area contributed by atoms with Gasteiger partial charge in [-0.1, -0.05) is 18.2 Å². The van der Waals surface area contributed by atoms with Crippen molar-refractivity contribution < 1.29 is 9.53 Å². The number of benzene rings is 2. The third-order valence-corrected chi connectivity index (χ3v) is 3.40. The number of rotatable bonds is 5. The Hall–Kier alpha value is -2.49. The molecule has 0 aliphatic carbocycles. The second-order valence-corrected chi connectivity index (χ2v) is 4.93. The number of hydrogen-bond acceptors (Lipinski definition) is 3. The highest BCUT2D eigenvalue weighted by Gasteiger charge is 2.06. The topological polar surface area (TPSA) is 64.3 Å². The molecule has 0 spiro atoms. The van der Waals surface area contributed by atoms with Gasteiger partial charge < -0.3 is 15.8 Å². The average molecular weight is 284 g/mol. The molecule has 0 saturated heterocycles. The number of methoxy groups -OCH3 is 1. The average Bonchev–Trinajstić information content (AvgIpc) is 2.50. The fourth-order valence-electron chi connectivity index (χ4n) is 2.00. The lowest BCUT2D eigenvalue weighted by molar-refractivity contribution is 0.0954. The van der Waals surface area contributed by atoms with Crippen LogP contribution in [0.25, 0.3) is 0 Å². The highest BCUT2D eigenvalue weighted by molar-refractivity contribution is 5.95. The van der Waals surface area contributed by atoms with Crippen LogP contribution in [0.5, 0.6) is 5.75 Å². The van der Waals surface area contributed by atoms with E-state index in [0.717, 1.165) is 23.3 Å². The first kappa shape index (κ1) is 14.9. The minimum absolute atomic E-state index is 0.102. The number of anilines is 1. The van der Waals surface area contributed by atoms with E-state index in [1.165, 1.54) is 0 Å². The molecule has 0 aliphatic heterocycles. The van der Waals surface area contributed by atoms with E-state index < -0.39 is 0 Å². The zero-order valence-electron chi connectivity index (χ0n) is 12.3. The van der Waals surface area contributed by atoms with Gasteiger partial charge in [-0.3, -0.25) is 4.79 Å². The summed E-state index contributed by atoms with van der Waals surface area (Å²) < 4.78 is 5.11. The molecule has 0 saturated carbocycles. The number of aryl methyl sites for hydroxylation is 1. The molecule has 3 N–H and O–H groups in total. The zero-order chi connectivity index (χ0) is 15.2. The van der Waals surface area contributed by atoms with E-state index in [2.05, 4.69) is 5.32 Å². The lowest BCUT2D eigenvalue weighted by atomic mass is 10.1. The Labute approximate surface area is 124 Å². The van der Waals surface area contributed by atoms with Crippen LogP contribution < -0.4 is 15.8 Å². The third kappa shape index (κ3) is 3.99. The molecule has 0 atom stereocenters. The zero-order valence-corrected chi connectivity index (χ0v) is 12.3. The number of nitrogens with one attached hydrogen (secondary N) is 1. The summed E-state index contributed by atoms with van der Waals surface area (Å²) in [6.07, 6.45) is 0.775. The molecule has 4 heteroatoms. The Kier molecular flexibility index (Phi) is 4.82. The number of carbonyl (C=O) groups excluding carboxylic acids is 1. The molecule has 0 unspecified atom stereocenters. The second kappa shape index (κ2) is 6.79. The number of nitrogens with two attached hydrogens (primary N) is 1. The van der Waals surface area contributed by atoms with E-state index >= 15 is 0 Å². The Balaban J connectivity index is 1.87. The second-order valence-electron chi connectivity index (χ2n) is 4.93. The summed E-state index contributed by atoms with van der Waals surface area (Å²) >= 11 is 0. The minimum atomic E-state index is -0.102. The van der Waals surface area contributed by atoms with Crippen LogP contribution >= 0.6 is 0 Å². The summed E-state index contributed by atoms with van der Waals surface area (Å²) in [6, 6.07) is 13.2. The third-order valence-electron chi connectivity index (χ3n) is 3.40. The number of hydrogen-bond donors (Lipinski definition) is 2. The van der Waals surface area contributed by atoms with Gasteiger partial charge in [-0.2, -0.15) is 0 Å². The van der Waals surface area contributed by atoms with Gasteiger partial charge in [-0.15, -0.1) is 0 Å². The van der Waals surface area contributed by atoms with Crippen molar-refractivity contribution in [3.63, 3.8) is 0 Å². The van der Waals surface area contributed by atoms with Crippen LogP contribution in [0.4, 0.5) is 5.69 Å². The summed E-state index contributed by atoms with van der Waals surface area (Å²) in [5.74, 6) is 0.730. The van der Waals surface area contributed by atoms with Crippen molar-refractivity contribution in [3.05, 3.63) is 59.2 Å². The van der Waals surface area contributed by atoms with Crippen molar-refractivity contribution in [3.8, 4) is 5.75 Å². The molecule has 0 aliphatic rings. The number of carbonyl (C=O) groups is 1. The van der Waals surface area contributed by atoms with Crippen LogP contribution in [-0.4, -0.2) is 19.6 Å². The molecule has 0 heterocycles. The van der Waals surface area contributed by atoms with Crippen molar-refractivity contribution in [2.75, 3.05) is 19.4 Å². The Morgan fingerprint density at radius 2 is 1.90 bits per heavy atom. The molecular formula is C17H20N2O2. The van der Waals surface area contributed by atoms with Crippen molar-refractivity contribution >= 4 is 11.6 Å². The first-order valence-corrected chi connectivity index (χ1v) is 6.87. The fraction of sp³-hybridized carbons (Fsp3) is 0.235. The maximum Gasteiger partial charge on any atom is 0.251 e. The lowest BCUT2D eigenvalue weighted by Crippen LogP contribution is -2.25. The molecule has 2 rings (SSSR count). The van der Waals surface area contributed by atoms with Gasteiger partial charge in [0.2, 0.25) is 0 Å². The quantitative estimate of drug-likeness (QED) is 0.829. The van der Waals surface area contributed by atoms with E-state index in [1.54, 1.807) is 19.2 Å². The molecule has 0 fully saturated rings. The highest BCUT2D eigenvalue weighted by atomic mass is 16.5. The van der Waals surface area contributed by atoms with E-state index in [4.69, 9.17) is 10.5 Å². The van der Waals surface area contributed by atoms with Gasteiger partial charge in [0.05, 0.1) is 7.11 Å². The molecule has 110 valence electrons. The molecule has 2 aromatic rings. The maximum absolute atomic E-state index is 12.0. The Bertz CT molecular complexity index is 621. The molecular weight excluding hydrogens is 264 g/mol. The van der Waals surface area contributed by atoms with E-state index in [-0.39, 0.29) is 5.91 Å². The lowest BCUT2D eigenvalue weighted by Gasteiger charge is -2.08. The summed E-state index contributed by atoms with van der Waals surface area (Å²) in [7, 11) is 1.64. The highest BCUT2D eigenvalue weighted by Crippen LogP contribution is 2.13. The summed E-state index contributed by atoms with van der Waals surface area (Å²) in [6.45, 7) is 2.50. The van der Waals surface area contributed by atoms with Crippen LogP contribution in [0.2, 0.25) is 0 Å². The molecule has 4 nitrogen and oxygen atoms in total. The van der Waals surface area contributed by atoms with E-state index in [9.17, 15) is 4.79 Å². The van der Waals surface area contributed by atoms with Crippen LogP contribution in [0, 0.1) is 6.92 Å². The molecule has 0 radical (unpaired) electrons. The van der Waals surface area contributed by atoms with Crippen molar-refractivity contribution in [1.82, 2.24) is 5.32 Å². The van der Waals surface area contributed by atoms with Crippen molar-refractivity contribution in [2.45, 2.75) is 13.3 Å². The molecule has 0 aromatic heterocycles. The van der Waals surface area contributed by atoms with Crippen LogP contribution in [0.15, 0.2) is 42.5 Å². The van der Waals surface area contributed by atoms with Gasteiger partial charge in [-0.05, 0) is 48.7 Å². The predicted molar refractivity (Wildman–Crippen MR) is 84.6 cm³/mol. The van der Waals surface area contributed by atoms with Crippen LogP contribution in [0.3, 0.4) is 0 Å². The normalized spacial score (nSPS) is 10.2. The van der Waals surface area contributed by atoms with Gasteiger partial charge in [0.1, 0.15) is 5.75 Å².